The number of guanidine groups is 1. The van der Waals surface area contributed by atoms with Gasteiger partial charge in [-0.3, -0.25) is 14.8 Å². The summed E-state index contributed by atoms with van der Waals surface area (Å²) in [4.78, 5) is 20.5. The van der Waals surface area contributed by atoms with Gasteiger partial charge in [-0.1, -0.05) is 25.7 Å². The normalized spacial score (nSPS) is 15.8. The van der Waals surface area contributed by atoms with Crippen LogP contribution in [0.5, 0.6) is 0 Å². The maximum absolute atomic E-state index is 12.0. The summed E-state index contributed by atoms with van der Waals surface area (Å²) in [6.45, 7) is 5.21. The minimum absolute atomic E-state index is 0.122. The molecule has 0 bridgehead atoms. The highest BCUT2D eigenvalue weighted by molar-refractivity contribution is 5.93. The number of aliphatic imine (C=N–C) groups is 1. The molecule has 0 radical (unpaired) electrons. The number of pyridine rings is 1. The molecule has 150 valence electrons. The summed E-state index contributed by atoms with van der Waals surface area (Å²) in [6.07, 6.45) is 11.2. The predicted molar refractivity (Wildman–Crippen MR) is 108 cm³/mol. The molecule has 0 unspecified atom stereocenters. The molecule has 1 aliphatic rings. The highest BCUT2D eigenvalue weighted by atomic mass is 16.5. The molecule has 0 aliphatic heterocycles. The first-order valence-electron chi connectivity index (χ1n) is 10.1. The zero-order chi connectivity index (χ0) is 19.2. The lowest BCUT2D eigenvalue weighted by molar-refractivity contribution is 0.0487. The Morgan fingerprint density at radius 2 is 1.96 bits per heavy atom. The predicted octanol–water partition coefficient (Wildman–Crippen LogP) is 2.11. The summed E-state index contributed by atoms with van der Waals surface area (Å²) >= 11 is 0. The molecule has 7 nitrogen and oxygen atoms in total. The Labute approximate surface area is 162 Å². The molecule has 0 atom stereocenters. The van der Waals surface area contributed by atoms with E-state index in [0.717, 1.165) is 12.5 Å². The highest BCUT2D eigenvalue weighted by Gasteiger charge is 2.12. The number of nitrogens with one attached hydrogen (secondary N) is 3. The molecule has 0 aromatic carbocycles. The van der Waals surface area contributed by atoms with Crippen molar-refractivity contribution in [3.05, 3.63) is 30.1 Å². The monoisotopic (exact) mass is 375 g/mol. The molecule has 2 rings (SSSR count). The molecule has 7 heteroatoms. The van der Waals surface area contributed by atoms with Crippen molar-refractivity contribution in [1.82, 2.24) is 20.9 Å². The second kappa shape index (κ2) is 13.1. The van der Waals surface area contributed by atoms with Gasteiger partial charge in [-0.05, 0) is 31.9 Å². The summed E-state index contributed by atoms with van der Waals surface area (Å²) in [5.41, 5.74) is 0.564. The van der Waals surface area contributed by atoms with E-state index in [4.69, 9.17) is 4.74 Å². The quantitative estimate of drug-likeness (QED) is 0.266. The SMILES string of the molecule is CCNC(=NCCOC1CCCCCC1)NCCNC(=O)c1cccnc1. The van der Waals surface area contributed by atoms with Crippen molar-refractivity contribution >= 4 is 11.9 Å². The average Bonchev–Trinajstić information content (AvgIpc) is 2.97. The number of rotatable bonds is 9. The number of hydrogen-bond acceptors (Lipinski definition) is 4. The lowest BCUT2D eigenvalue weighted by atomic mass is 10.1. The Morgan fingerprint density at radius 3 is 2.67 bits per heavy atom. The Morgan fingerprint density at radius 1 is 1.19 bits per heavy atom. The van der Waals surface area contributed by atoms with Crippen LogP contribution in [0.15, 0.2) is 29.5 Å². The number of ether oxygens (including phenoxy) is 1. The Kier molecular flexibility index (Phi) is 10.3. The van der Waals surface area contributed by atoms with Crippen molar-refractivity contribution < 1.29 is 9.53 Å². The molecule has 1 aliphatic carbocycles. The number of carbonyl (C=O) groups is 1. The molecule has 0 saturated heterocycles. The summed E-state index contributed by atoms with van der Waals surface area (Å²) in [5.74, 6) is 0.626. The number of nitrogens with zero attached hydrogens (tertiary/aromatic N) is 2. The second-order valence-corrected chi connectivity index (χ2v) is 6.67. The van der Waals surface area contributed by atoms with E-state index in [2.05, 4.69) is 25.9 Å². The molecule has 1 aromatic rings. The first-order chi connectivity index (χ1) is 13.3. The minimum Gasteiger partial charge on any atom is -0.376 e. The van der Waals surface area contributed by atoms with Gasteiger partial charge < -0.3 is 20.7 Å². The fourth-order valence-electron chi connectivity index (χ4n) is 3.08. The number of aromatic nitrogens is 1. The molecule has 1 saturated carbocycles. The van der Waals surface area contributed by atoms with Crippen molar-refractivity contribution in [1.29, 1.82) is 0 Å². The molecular formula is C20H33N5O2. The van der Waals surface area contributed by atoms with Crippen molar-refractivity contribution in [2.45, 2.75) is 51.6 Å². The Bertz CT molecular complexity index is 557. The standard InChI is InChI=1S/C20H33N5O2/c1-2-22-20(25-14-15-27-18-9-5-3-4-6-10-18)24-13-12-23-19(26)17-8-7-11-21-16-17/h7-8,11,16,18H,2-6,9-10,12-15H2,1H3,(H,23,26)(H2,22,24,25). The van der Waals surface area contributed by atoms with E-state index in [1.54, 1.807) is 24.5 Å². The zero-order valence-electron chi connectivity index (χ0n) is 16.4. The van der Waals surface area contributed by atoms with E-state index in [-0.39, 0.29) is 5.91 Å². The van der Waals surface area contributed by atoms with Gasteiger partial charge in [0, 0.05) is 32.0 Å². The van der Waals surface area contributed by atoms with E-state index >= 15 is 0 Å². The third-order valence-electron chi connectivity index (χ3n) is 4.49. The van der Waals surface area contributed by atoms with Gasteiger partial charge in [0.05, 0.1) is 24.8 Å². The largest absolute Gasteiger partial charge is 0.376 e. The molecule has 1 heterocycles. The van der Waals surface area contributed by atoms with Gasteiger partial charge in [-0.25, -0.2) is 0 Å². The topological polar surface area (TPSA) is 87.6 Å². The second-order valence-electron chi connectivity index (χ2n) is 6.67. The van der Waals surface area contributed by atoms with Crippen LogP contribution in [0, 0.1) is 0 Å². The van der Waals surface area contributed by atoms with Crippen molar-refractivity contribution in [2.75, 3.05) is 32.8 Å². The maximum Gasteiger partial charge on any atom is 0.252 e. The molecule has 0 spiro atoms. The summed E-state index contributed by atoms with van der Waals surface area (Å²) < 4.78 is 5.97. The first kappa shape index (κ1) is 21.2. The van der Waals surface area contributed by atoms with Crippen molar-refractivity contribution in [3.8, 4) is 0 Å². The van der Waals surface area contributed by atoms with Crippen LogP contribution in [0.2, 0.25) is 0 Å². The van der Waals surface area contributed by atoms with Gasteiger partial charge in [0.25, 0.3) is 5.91 Å². The van der Waals surface area contributed by atoms with Gasteiger partial charge in [0.15, 0.2) is 5.96 Å². The fraction of sp³-hybridized carbons (Fsp3) is 0.650. The first-order valence-corrected chi connectivity index (χ1v) is 10.1. The van der Waals surface area contributed by atoms with Crippen LogP contribution in [0.1, 0.15) is 55.8 Å². The van der Waals surface area contributed by atoms with E-state index in [1.165, 1.54) is 38.5 Å². The van der Waals surface area contributed by atoms with Gasteiger partial charge in [0.2, 0.25) is 0 Å². The highest BCUT2D eigenvalue weighted by Crippen LogP contribution is 2.19. The maximum atomic E-state index is 12.0. The van der Waals surface area contributed by atoms with E-state index in [1.807, 2.05) is 6.92 Å². The van der Waals surface area contributed by atoms with Crippen LogP contribution in [-0.2, 0) is 4.74 Å². The third kappa shape index (κ3) is 8.86. The van der Waals surface area contributed by atoms with Gasteiger partial charge in [-0.2, -0.15) is 0 Å². The molecular weight excluding hydrogens is 342 g/mol. The van der Waals surface area contributed by atoms with Crippen LogP contribution in [-0.4, -0.2) is 55.7 Å². The van der Waals surface area contributed by atoms with Crippen LogP contribution in [0.3, 0.4) is 0 Å². The minimum atomic E-state index is -0.122. The molecule has 1 aromatic heterocycles. The zero-order valence-corrected chi connectivity index (χ0v) is 16.4. The van der Waals surface area contributed by atoms with E-state index in [0.29, 0.717) is 37.9 Å². The lowest BCUT2D eigenvalue weighted by Gasteiger charge is -2.15. The molecule has 27 heavy (non-hydrogen) atoms. The van der Waals surface area contributed by atoms with E-state index < -0.39 is 0 Å². The van der Waals surface area contributed by atoms with Crippen LogP contribution >= 0.6 is 0 Å². The molecule has 1 amide bonds. The fourth-order valence-corrected chi connectivity index (χ4v) is 3.08. The van der Waals surface area contributed by atoms with Crippen molar-refractivity contribution in [2.24, 2.45) is 4.99 Å². The number of carbonyl (C=O) groups excluding carboxylic acids is 1. The molecule has 1 fully saturated rings. The average molecular weight is 376 g/mol. The van der Waals surface area contributed by atoms with E-state index in [9.17, 15) is 4.79 Å². The smallest absolute Gasteiger partial charge is 0.252 e. The van der Waals surface area contributed by atoms with Crippen LogP contribution < -0.4 is 16.0 Å². The van der Waals surface area contributed by atoms with Gasteiger partial charge >= 0.3 is 0 Å². The van der Waals surface area contributed by atoms with Crippen LogP contribution in [0.4, 0.5) is 0 Å². The Balaban J connectivity index is 1.63. The number of amides is 1. The number of hydrogen-bond donors (Lipinski definition) is 3. The summed E-state index contributed by atoms with van der Waals surface area (Å²) in [7, 11) is 0. The van der Waals surface area contributed by atoms with Crippen molar-refractivity contribution in [3.63, 3.8) is 0 Å². The summed E-state index contributed by atoms with van der Waals surface area (Å²) in [5, 5.41) is 9.30. The Hall–Kier alpha value is -2.15. The van der Waals surface area contributed by atoms with Gasteiger partial charge in [-0.15, -0.1) is 0 Å². The third-order valence-corrected chi connectivity index (χ3v) is 4.49. The lowest BCUT2D eigenvalue weighted by Crippen LogP contribution is -2.41. The molecule has 3 N–H and O–H groups in total. The van der Waals surface area contributed by atoms with Crippen LogP contribution in [0.25, 0.3) is 0 Å². The van der Waals surface area contributed by atoms with Gasteiger partial charge in [0.1, 0.15) is 0 Å². The summed E-state index contributed by atoms with van der Waals surface area (Å²) in [6, 6.07) is 3.50.